The van der Waals surface area contributed by atoms with Gasteiger partial charge in [-0.3, -0.25) is 4.79 Å². The average Bonchev–Trinajstić information content (AvgIpc) is 3.04. The summed E-state index contributed by atoms with van der Waals surface area (Å²) in [5.74, 6) is 1.21. The smallest absolute Gasteiger partial charge is 0.257 e. The first kappa shape index (κ1) is 14.7. The van der Waals surface area contributed by atoms with E-state index in [1.807, 2.05) is 42.3 Å². The quantitative estimate of drug-likeness (QED) is 0.935. The van der Waals surface area contributed by atoms with E-state index in [0.29, 0.717) is 17.3 Å². The van der Waals surface area contributed by atoms with E-state index in [0.717, 1.165) is 31.6 Å². The lowest BCUT2D eigenvalue weighted by molar-refractivity contribution is 0.0786. The molecule has 1 saturated heterocycles. The summed E-state index contributed by atoms with van der Waals surface area (Å²) in [6, 6.07) is 9.77. The molecule has 5 nitrogen and oxygen atoms in total. The molecule has 0 bridgehead atoms. The highest BCUT2D eigenvalue weighted by Crippen LogP contribution is 2.19. The summed E-state index contributed by atoms with van der Waals surface area (Å²) in [6.45, 7) is 2.57. The largest absolute Gasteiger partial charge is 0.338 e. The van der Waals surface area contributed by atoms with Gasteiger partial charge in [-0.2, -0.15) is 0 Å². The number of benzene rings is 1. The predicted octanol–water partition coefficient (Wildman–Crippen LogP) is 1.83. The molecule has 1 fully saturated rings. The normalized spacial score (nSPS) is 17.7. The Morgan fingerprint density at radius 1 is 1.27 bits per heavy atom. The van der Waals surface area contributed by atoms with Crippen LogP contribution in [-0.4, -0.2) is 47.5 Å². The highest BCUT2D eigenvalue weighted by atomic mass is 16.2. The Morgan fingerprint density at radius 3 is 2.68 bits per heavy atom. The van der Waals surface area contributed by atoms with Crippen molar-refractivity contribution in [1.82, 2.24) is 20.2 Å². The Kier molecular flexibility index (Phi) is 4.44. The summed E-state index contributed by atoms with van der Waals surface area (Å²) >= 11 is 0. The molecule has 1 aliphatic heterocycles. The van der Waals surface area contributed by atoms with E-state index in [1.54, 1.807) is 12.4 Å². The third-order valence-corrected chi connectivity index (χ3v) is 4.00. The molecule has 2 aromatic rings. The summed E-state index contributed by atoms with van der Waals surface area (Å²) in [4.78, 5) is 23.0. The number of aromatic nitrogens is 2. The highest BCUT2D eigenvalue weighted by molar-refractivity contribution is 5.93. The van der Waals surface area contributed by atoms with Crippen molar-refractivity contribution in [3.8, 4) is 11.4 Å². The molecule has 1 aromatic carbocycles. The van der Waals surface area contributed by atoms with Crippen LogP contribution in [0.2, 0.25) is 0 Å². The van der Waals surface area contributed by atoms with E-state index in [-0.39, 0.29) is 5.91 Å². The Morgan fingerprint density at radius 2 is 2.00 bits per heavy atom. The summed E-state index contributed by atoms with van der Waals surface area (Å²) in [5, 5.41) is 3.17. The van der Waals surface area contributed by atoms with Gasteiger partial charge in [-0.1, -0.05) is 30.3 Å². The molecule has 0 aliphatic carbocycles. The third kappa shape index (κ3) is 3.14. The van der Waals surface area contributed by atoms with E-state index in [9.17, 15) is 4.79 Å². The molecule has 114 valence electrons. The fourth-order valence-corrected chi connectivity index (χ4v) is 2.83. The second-order valence-electron chi connectivity index (χ2n) is 5.62. The molecular formula is C17H20N4O. The van der Waals surface area contributed by atoms with Crippen LogP contribution in [0.3, 0.4) is 0 Å². The molecule has 0 radical (unpaired) electrons. The number of carbonyl (C=O) groups is 1. The van der Waals surface area contributed by atoms with Gasteiger partial charge in [0.25, 0.3) is 5.91 Å². The molecule has 1 aliphatic rings. The number of rotatable bonds is 4. The van der Waals surface area contributed by atoms with E-state index < -0.39 is 0 Å². The van der Waals surface area contributed by atoms with Crippen molar-refractivity contribution in [2.75, 3.05) is 26.7 Å². The molecule has 1 atom stereocenters. The van der Waals surface area contributed by atoms with Gasteiger partial charge >= 0.3 is 0 Å². The average molecular weight is 296 g/mol. The van der Waals surface area contributed by atoms with Gasteiger partial charge in [0.15, 0.2) is 5.82 Å². The Hall–Kier alpha value is -2.27. The molecule has 0 spiro atoms. The third-order valence-electron chi connectivity index (χ3n) is 4.00. The molecule has 3 rings (SSSR count). The number of hydrogen-bond donors (Lipinski definition) is 1. The van der Waals surface area contributed by atoms with Crippen LogP contribution < -0.4 is 5.32 Å². The van der Waals surface area contributed by atoms with Gasteiger partial charge in [0.2, 0.25) is 0 Å². The summed E-state index contributed by atoms with van der Waals surface area (Å²) in [6.07, 6.45) is 4.31. The van der Waals surface area contributed by atoms with Crippen LogP contribution in [0.25, 0.3) is 11.4 Å². The van der Waals surface area contributed by atoms with E-state index >= 15 is 0 Å². The van der Waals surface area contributed by atoms with Crippen molar-refractivity contribution in [2.45, 2.75) is 6.42 Å². The summed E-state index contributed by atoms with van der Waals surface area (Å²) in [5.41, 5.74) is 1.52. The second-order valence-corrected chi connectivity index (χ2v) is 5.62. The van der Waals surface area contributed by atoms with Gasteiger partial charge in [-0.05, 0) is 25.9 Å². The van der Waals surface area contributed by atoms with Crippen LogP contribution in [0.15, 0.2) is 42.7 Å². The molecule has 1 amide bonds. The van der Waals surface area contributed by atoms with Gasteiger partial charge in [0.1, 0.15) is 0 Å². The molecule has 5 heteroatoms. The van der Waals surface area contributed by atoms with E-state index in [4.69, 9.17) is 0 Å². The van der Waals surface area contributed by atoms with Crippen molar-refractivity contribution in [1.29, 1.82) is 0 Å². The lowest BCUT2D eigenvalue weighted by Gasteiger charge is -2.16. The van der Waals surface area contributed by atoms with Crippen molar-refractivity contribution in [3.63, 3.8) is 0 Å². The number of carbonyl (C=O) groups excluding carboxylic acids is 1. The number of hydrogen-bond acceptors (Lipinski definition) is 4. The number of nitrogens with zero attached hydrogens (tertiary/aromatic N) is 3. The Bertz CT molecular complexity index is 627. The minimum absolute atomic E-state index is 0.0261. The topological polar surface area (TPSA) is 58.1 Å². The van der Waals surface area contributed by atoms with Crippen LogP contribution in [0, 0.1) is 5.92 Å². The highest BCUT2D eigenvalue weighted by Gasteiger charge is 2.26. The molecule has 0 saturated carbocycles. The summed E-state index contributed by atoms with van der Waals surface area (Å²) in [7, 11) is 1.95. The minimum atomic E-state index is 0.0261. The standard InChI is InChI=1S/C17H20N4O/c1-18-9-13-7-8-21(12-13)17(22)15-10-19-16(20-11-15)14-5-3-2-4-6-14/h2-6,10-11,13,18H,7-9,12H2,1H3/t13-/m0/s1. The van der Waals surface area contributed by atoms with Gasteiger partial charge < -0.3 is 10.2 Å². The van der Waals surface area contributed by atoms with Crippen LogP contribution in [0.4, 0.5) is 0 Å². The van der Waals surface area contributed by atoms with Crippen LogP contribution in [-0.2, 0) is 0 Å². The zero-order valence-electron chi connectivity index (χ0n) is 12.7. The maximum atomic E-state index is 12.5. The van der Waals surface area contributed by atoms with Crippen molar-refractivity contribution in [2.24, 2.45) is 5.92 Å². The molecule has 1 N–H and O–H groups in total. The zero-order valence-corrected chi connectivity index (χ0v) is 12.7. The first-order chi connectivity index (χ1) is 10.8. The monoisotopic (exact) mass is 296 g/mol. The van der Waals surface area contributed by atoms with Gasteiger partial charge in [0.05, 0.1) is 5.56 Å². The first-order valence-electron chi connectivity index (χ1n) is 7.59. The van der Waals surface area contributed by atoms with Gasteiger partial charge in [-0.25, -0.2) is 9.97 Å². The Balaban J connectivity index is 1.69. The van der Waals surface area contributed by atoms with Crippen molar-refractivity contribution < 1.29 is 4.79 Å². The lowest BCUT2D eigenvalue weighted by Crippen LogP contribution is -2.30. The molecule has 22 heavy (non-hydrogen) atoms. The van der Waals surface area contributed by atoms with Gasteiger partial charge in [-0.15, -0.1) is 0 Å². The second kappa shape index (κ2) is 6.66. The van der Waals surface area contributed by atoms with Crippen LogP contribution >= 0.6 is 0 Å². The molecular weight excluding hydrogens is 276 g/mol. The van der Waals surface area contributed by atoms with E-state index in [2.05, 4.69) is 15.3 Å². The molecule has 2 heterocycles. The maximum absolute atomic E-state index is 12.5. The predicted molar refractivity (Wildman–Crippen MR) is 85.4 cm³/mol. The van der Waals surface area contributed by atoms with Crippen molar-refractivity contribution in [3.05, 3.63) is 48.3 Å². The van der Waals surface area contributed by atoms with E-state index in [1.165, 1.54) is 0 Å². The fourth-order valence-electron chi connectivity index (χ4n) is 2.83. The lowest BCUT2D eigenvalue weighted by atomic mass is 10.1. The zero-order chi connectivity index (χ0) is 15.4. The molecule has 1 aromatic heterocycles. The van der Waals surface area contributed by atoms with Crippen LogP contribution in [0.1, 0.15) is 16.8 Å². The van der Waals surface area contributed by atoms with Crippen LogP contribution in [0.5, 0.6) is 0 Å². The minimum Gasteiger partial charge on any atom is -0.338 e. The van der Waals surface area contributed by atoms with Crippen molar-refractivity contribution >= 4 is 5.91 Å². The Labute approximate surface area is 130 Å². The number of nitrogens with one attached hydrogen (secondary N) is 1. The number of amides is 1. The summed E-state index contributed by atoms with van der Waals surface area (Å²) < 4.78 is 0. The first-order valence-corrected chi connectivity index (χ1v) is 7.59. The molecule has 0 unspecified atom stereocenters. The maximum Gasteiger partial charge on any atom is 0.257 e. The SMILES string of the molecule is CNC[C@@H]1CCN(C(=O)c2cnc(-c3ccccc3)nc2)C1. The fraction of sp³-hybridized carbons (Fsp3) is 0.353. The van der Waals surface area contributed by atoms with Gasteiger partial charge in [0, 0.05) is 31.0 Å². The number of likely N-dealkylation sites (tertiary alicyclic amines) is 1.